The summed E-state index contributed by atoms with van der Waals surface area (Å²) in [6, 6.07) is 2.23. The fraction of sp³-hybridized carbons (Fsp3) is 0.409. The van der Waals surface area contributed by atoms with Gasteiger partial charge in [-0.25, -0.2) is 14.4 Å². The second-order valence-corrected chi connectivity index (χ2v) is 8.29. The van der Waals surface area contributed by atoms with Crippen molar-refractivity contribution in [2.75, 3.05) is 18.4 Å². The summed E-state index contributed by atoms with van der Waals surface area (Å²) in [5, 5.41) is 11.1. The first-order valence-electron chi connectivity index (χ1n) is 10.8. The Hall–Kier alpha value is -3.57. The molecular weight excluding hydrogens is 454 g/mol. The third kappa shape index (κ3) is 4.85. The number of halogens is 4. The highest BCUT2D eigenvalue weighted by atomic mass is 19.4. The van der Waals surface area contributed by atoms with E-state index in [2.05, 4.69) is 25.5 Å². The average molecular weight is 477 g/mol. The molecule has 1 aliphatic rings. The van der Waals surface area contributed by atoms with Gasteiger partial charge in [0.1, 0.15) is 11.5 Å². The Morgan fingerprint density at radius 1 is 1.18 bits per heavy atom. The fourth-order valence-corrected chi connectivity index (χ4v) is 4.22. The van der Waals surface area contributed by atoms with E-state index in [4.69, 9.17) is 0 Å². The van der Waals surface area contributed by atoms with Gasteiger partial charge in [0.2, 0.25) is 5.95 Å². The number of hydrogen-bond donors (Lipinski definition) is 1. The van der Waals surface area contributed by atoms with Gasteiger partial charge in [0, 0.05) is 31.5 Å². The quantitative estimate of drug-likeness (QED) is 0.562. The van der Waals surface area contributed by atoms with Crippen molar-refractivity contribution in [3.63, 3.8) is 0 Å². The zero-order chi connectivity index (χ0) is 24.5. The minimum atomic E-state index is -4.52. The number of amides is 1. The molecule has 3 aromatic rings. The normalized spacial score (nSPS) is 18.7. The Balaban J connectivity index is 1.59. The van der Waals surface area contributed by atoms with Gasteiger partial charge < -0.3 is 10.2 Å². The number of hydrogen-bond acceptors (Lipinski definition) is 6. The maximum atomic E-state index is 14.2. The number of likely N-dealkylation sites (tertiary alicyclic amines) is 1. The molecule has 0 radical (unpaired) electrons. The van der Waals surface area contributed by atoms with Gasteiger partial charge in [0.05, 0.1) is 29.6 Å². The lowest BCUT2D eigenvalue weighted by atomic mass is 9.89. The lowest BCUT2D eigenvalue weighted by Gasteiger charge is -2.40. The van der Waals surface area contributed by atoms with Gasteiger partial charge in [-0.3, -0.25) is 4.79 Å². The molecule has 1 aromatic carbocycles. The van der Waals surface area contributed by atoms with Crippen LogP contribution in [0.15, 0.2) is 36.9 Å². The van der Waals surface area contributed by atoms with E-state index in [1.54, 1.807) is 11.8 Å². The van der Waals surface area contributed by atoms with E-state index >= 15 is 0 Å². The van der Waals surface area contributed by atoms with Crippen LogP contribution in [0.25, 0.3) is 5.69 Å². The first-order valence-corrected chi connectivity index (χ1v) is 10.8. The van der Waals surface area contributed by atoms with Crippen LogP contribution in [0.1, 0.15) is 41.3 Å². The first kappa shape index (κ1) is 23.6. The third-order valence-electron chi connectivity index (χ3n) is 5.95. The van der Waals surface area contributed by atoms with E-state index in [0.717, 1.165) is 12.8 Å². The van der Waals surface area contributed by atoms with E-state index < -0.39 is 17.6 Å². The monoisotopic (exact) mass is 477 g/mol. The highest BCUT2D eigenvalue weighted by Gasteiger charge is 2.35. The van der Waals surface area contributed by atoms with E-state index in [0.29, 0.717) is 30.1 Å². The SMILES string of the molecule is Cc1cc(F)cc(-n2nccn2)c1C(=O)N1CCC[C@@H](C)[C@H]1CNc1ncc(C(F)(F)F)cn1. The molecule has 12 heteroatoms. The van der Waals surface area contributed by atoms with Gasteiger partial charge in [0.25, 0.3) is 5.91 Å². The summed E-state index contributed by atoms with van der Waals surface area (Å²) in [5.74, 6) is -0.660. The van der Waals surface area contributed by atoms with Crippen LogP contribution in [0, 0.1) is 18.7 Å². The van der Waals surface area contributed by atoms with Gasteiger partial charge in [-0.15, -0.1) is 0 Å². The Morgan fingerprint density at radius 3 is 2.50 bits per heavy atom. The van der Waals surface area contributed by atoms with Crippen LogP contribution in [0.4, 0.5) is 23.5 Å². The predicted molar refractivity (Wildman–Crippen MR) is 115 cm³/mol. The number of alkyl halides is 3. The summed E-state index contributed by atoms with van der Waals surface area (Å²) in [6.45, 7) is 4.38. The van der Waals surface area contributed by atoms with E-state index in [-0.39, 0.29) is 36.0 Å². The highest BCUT2D eigenvalue weighted by Crippen LogP contribution is 2.30. The molecule has 8 nitrogen and oxygen atoms in total. The lowest BCUT2D eigenvalue weighted by molar-refractivity contribution is -0.138. The largest absolute Gasteiger partial charge is 0.419 e. The van der Waals surface area contributed by atoms with E-state index in [1.807, 2.05) is 6.92 Å². The molecule has 0 spiro atoms. The van der Waals surface area contributed by atoms with Crippen LogP contribution in [0.2, 0.25) is 0 Å². The topological polar surface area (TPSA) is 88.8 Å². The number of aromatic nitrogens is 5. The smallest absolute Gasteiger partial charge is 0.352 e. The Kier molecular flexibility index (Phi) is 6.49. The van der Waals surface area contributed by atoms with Crippen LogP contribution in [-0.2, 0) is 6.18 Å². The molecule has 1 N–H and O–H groups in total. The van der Waals surface area contributed by atoms with Crippen LogP contribution in [0.5, 0.6) is 0 Å². The van der Waals surface area contributed by atoms with Crippen molar-refractivity contribution in [3.05, 3.63) is 59.4 Å². The predicted octanol–water partition coefficient (Wildman–Crippen LogP) is 3.88. The second kappa shape index (κ2) is 9.35. The number of benzene rings is 1. The molecule has 34 heavy (non-hydrogen) atoms. The number of rotatable bonds is 5. The van der Waals surface area contributed by atoms with Crippen molar-refractivity contribution in [1.82, 2.24) is 29.9 Å². The molecular formula is C22H23F4N7O. The van der Waals surface area contributed by atoms with Crippen molar-refractivity contribution < 1.29 is 22.4 Å². The van der Waals surface area contributed by atoms with Gasteiger partial charge >= 0.3 is 6.18 Å². The molecule has 2 atom stereocenters. The Morgan fingerprint density at radius 2 is 1.85 bits per heavy atom. The minimum absolute atomic E-state index is 0.0394. The fourth-order valence-electron chi connectivity index (χ4n) is 4.22. The van der Waals surface area contributed by atoms with Crippen molar-refractivity contribution in [2.45, 2.75) is 38.9 Å². The third-order valence-corrected chi connectivity index (χ3v) is 5.95. The summed E-state index contributed by atoms with van der Waals surface area (Å²) < 4.78 is 52.5. The summed E-state index contributed by atoms with van der Waals surface area (Å²) in [5.41, 5.74) is 0.0479. The number of nitrogens with zero attached hydrogens (tertiary/aromatic N) is 6. The van der Waals surface area contributed by atoms with Gasteiger partial charge in [-0.2, -0.15) is 28.2 Å². The van der Waals surface area contributed by atoms with Crippen molar-refractivity contribution >= 4 is 11.9 Å². The molecule has 0 aliphatic carbocycles. The molecule has 0 unspecified atom stereocenters. The molecule has 0 bridgehead atoms. The summed E-state index contributed by atoms with van der Waals surface area (Å²) >= 11 is 0. The van der Waals surface area contributed by atoms with Crippen LogP contribution >= 0.6 is 0 Å². The zero-order valence-corrected chi connectivity index (χ0v) is 18.6. The molecule has 1 amide bonds. The van der Waals surface area contributed by atoms with Crippen molar-refractivity contribution in [3.8, 4) is 5.69 Å². The van der Waals surface area contributed by atoms with Crippen LogP contribution in [0.3, 0.4) is 0 Å². The van der Waals surface area contributed by atoms with Crippen LogP contribution < -0.4 is 5.32 Å². The van der Waals surface area contributed by atoms with Gasteiger partial charge in [-0.05, 0) is 37.3 Å². The number of aryl methyl sites for hydroxylation is 1. The number of piperidine rings is 1. The average Bonchev–Trinajstić information content (AvgIpc) is 3.32. The van der Waals surface area contributed by atoms with E-state index in [1.165, 1.54) is 29.3 Å². The summed E-state index contributed by atoms with van der Waals surface area (Å²) in [4.78, 5) is 24.1. The van der Waals surface area contributed by atoms with Gasteiger partial charge in [0.15, 0.2) is 0 Å². The molecule has 1 aliphatic heterocycles. The summed E-state index contributed by atoms with van der Waals surface area (Å²) in [6.07, 6.45) is 1.45. The van der Waals surface area contributed by atoms with E-state index in [9.17, 15) is 22.4 Å². The summed E-state index contributed by atoms with van der Waals surface area (Å²) in [7, 11) is 0. The zero-order valence-electron chi connectivity index (χ0n) is 18.6. The number of carbonyl (C=O) groups is 1. The Labute approximate surface area is 193 Å². The molecule has 4 rings (SSSR count). The number of anilines is 1. The molecule has 3 heterocycles. The highest BCUT2D eigenvalue weighted by molar-refractivity contribution is 5.99. The molecule has 180 valence electrons. The van der Waals surface area contributed by atoms with Crippen LogP contribution in [-0.4, -0.2) is 54.9 Å². The molecule has 1 fully saturated rings. The van der Waals surface area contributed by atoms with Crippen molar-refractivity contribution in [2.24, 2.45) is 5.92 Å². The molecule has 2 aromatic heterocycles. The lowest BCUT2D eigenvalue weighted by Crippen LogP contribution is -2.51. The van der Waals surface area contributed by atoms with Crippen molar-refractivity contribution in [1.29, 1.82) is 0 Å². The minimum Gasteiger partial charge on any atom is -0.352 e. The number of nitrogens with one attached hydrogen (secondary N) is 1. The standard InChI is InChI=1S/C22H23F4N7O/c1-13-4-3-7-32(18(13)12-29-21-27-10-15(11-28-21)22(24,25)26)20(34)19-14(2)8-16(23)9-17(19)33-30-5-6-31-33/h5-6,8-11,13,18H,3-4,7,12H2,1-2H3,(H,27,28,29)/t13-,18-/m1/s1. The number of carbonyl (C=O) groups excluding carboxylic acids is 1. The molecule has 0 saturated carbocycles. The maximum Gasteiger partial charge on any atom is 0.419 e. The second-order valence-electron chi connectivity index (χ2n) is 8.29. The first-order chi connectivity index (χ1) is 16.1. The van der Waals surface area contributed by atoms with Gasteiger partial charge in [-0.1, -0.05) is 6.92 Å². The Bertz CT molecular complexity index is 1150. The molecule has 1 saturated heterocycles. The maximum absolute atomic E-state index is 14.2.